The fraction of sp³-hybridized carbons (Fsp3) is 1.00. The summed E-state index contributed by atoms with van der Waals surface area (Å²) in [5, 5.41) is 8.08. The van der Waals surface area contributed by atoms with Crippen LogP contribution in [0.4, 0.5) is 0 Å². The fourth-order valence-corrected chi connectivity index (χ4v) is 2.74. The van der Waals surface area contributed by atoms with Gasteiger partial charge >= 0.3 is 0 Å². The van der Waals surface area contributed by atoms with Gasteiger partial charge in [-0.05, 0) is 13.8 Å². The van der Waals surface area contributed by atoms with Crippen molar-refractivity contribution >= 4 is 0 Å². The Hall–Kier alpha value is -0.280. The van der Waals surface area contributed by atoms with Crippen molar-refractivity contribution in [2.75, 3.05) is 39.6 Å². The number of hydrogen-bond acceptors (Lipinski definition) is 7. The van der Waals surface area contributed by atoms with E-state index in [0.29, 0.717) is 26.4 Å². The predicted octanol–water partition coefficient (Wildman–Crippen LogP) is 1.46. The smallest absolute Gasteiger partial charge is 0.199 e. The second-order valence-electron chi connectivity index (χ2n) is 6.08. The highest BCUT2D eigenvalue weighted by Crippen LogP contribution is 2.42. The Balaban J connectivity index is 0.000000355. The van der Waals surface area contributed by atoms with E-state index in [1.165, 1.54) is 0 Å². The summed E-state index contributed by atoms with van der Waals surface area (Å²) in [5.74, 6) is -1.43. The average Bonchev–Trinajstić information content (AvgIpc) is 3.46. The third kappa shape index (κ3) is 5.11. The van der Waals surface area contributed by atoms with E-state index >= 15 is 0 Å². The van der Waals surface area contributed by atoms with E-state index in [1.807, 2.05) is 13.8 Å². The second kappa shape index (κ2) is 8.89. The van der Waals surface area contributed by atoms with Crippen molar-refractivity contribution < 1.29 is 33.5 Å². The SMILES string of the molecule is CCOC(CC)(OC(CC)(OCC)C1CO1)C1CO1.OCC1CO1. The molecule has 142 valence electrons. The molecule has 3 fully saturated rings. The highest BCUT2D eigenvalue weighted by Gasteiger charge is 2.57. The summed E-state index contributed by atoms with van der Waals surface area (Å²) in [6, 6.07) is 0. The van der Waals surface area contributed by atoms with Crippen LogP contribution in [-0.4, -0.2) is 74.6 Å². The molecule has 24 heavy (non-hydrogen) atoms. The van der Waals surface area contributed by atoms with Gasteiger partial charge in [0.15, 0.2) is 11.6 Å². The average molecular weight is 348 g/mol. The topological polar surface area (TPSA) is 85.5 Å². The summed E-state index contributed by atoms with van der Waals surface area (Å²) < 4.78 is 33.6. The van der Waals surface area contributed by atoms with Gasteiger partial charge in [-0.25, -0.2) is 0 Å². The van der Waals surface area contributed by atoms with Crippen molar-refractivity contribution in [1.82, 2.24) is 0 Å². The number of aliphatic hydroxyl groups is 1. The molecule has 7 nitrogen and oxygen atoms in total. The molecular formula is C17H32O7. The lowest BCUT2D eigenvalue weighted by Crippen LogP contribution is -2.53. The standard InChI is InChI=1S/C14H26O5.C3H6O2/c1-5-13(17-7-3,11-9-15-11)19-14(6-2,18-8-4)12-10-16-12;4-1-3-2-5-3/h11-12H,5-10H2,1-4H3;3-4H,1-2H2. The van der Waals surface area contributed by atoms with E-state index in [0.717, 1.165) is 19.4 Å². The van der Waals surface area contributed by atoms with E-state index in [4.69, 9.17) is 28.8 Å². The molecule has 5 unspecified atom stereocenters. The van der Waals surface area contributed by atoms with Crippen LogP contribution in [0.2, 0.25) is 0 Å². The van der Waals surface area contributed by atoms with Gasteiger partial charge in [-0.15, -0.1) is 0 Å². The quantitative estimate of drug-likeness (QED) is 0.447. The zero-order valence-electron chi connectivity index (χ0n) is 15.3. The predicted molar refractivity (Wildman–Crippen MR) is 86.7 cm³/mol. The molecule has 3 aliphatic rings. The van der Waals surface area contributed by atoms with Gasteiger partial charge in [0.05, 0.1) is 26.4 Å². The molecule has 0 aromatic heterocycles. The lowest BCUT2D eigenvalue weighted by atomic mass is 10.1. The van der Waals surface area contributed by atoms with Crippen molar-refractivity contribution in [2.45, 2.75) is 70.4 Å². The second-order valence-corrected chi connectivity index (χ2v) is 6.08. The highest BCUT2D eigenvalue weighted by atomic mass is 16.8. The van der Waals surface area contributed by atoms with Gasteiger partial charge in [-0.1, -0.05) is 13.8 Å². The summed E-state index contributed by atoms with van der Waals surface area (Å²) in [7, 11) is 0. The summed E-state index contributed by atoms with van der Waals surface area (Å²) >= 11 is 0. The van der Waals surface area contributed by atoms with Crippen LogP contribution in [0, 0.1) is 0 Å². The Morgan fingerprint density at radius 1 is 0.833 bits per heavy atom. The third-order valence-corrected chi connectivity index (χ3v) is 4.36. The van der Waals surface area contributed by atoms with Gasteiger partial charge in [0.1, 0.15) is 18.3 Å². The molecule has 0 bridgehead atoms. The van der Waals surface area contributed by atoms with E-state index in [9.17, 15) is 0 Å². The first kappa shape index (κ1) is 20.0. The molecule has 0 radical (unpaired) electrons. The van der Waals surface area contributed by atoms with Crippen molar-refractivity contribution in [3.05, 3.63) is 0 Å². The minimum Gasteiger partial charge on any atom is -0.394 e. The lowest BCUT2D eigenvalue weighted by molar-refractivity contribution is -0.370. The van der Waals surface area contributed by atoms with E-state index < -0.39 is 11.6 Å². The Labute approximate surface area is 144 Å². The van der Waals surface area contributed by atoms with Crippen molar-refractivity contribution in [1.29, 1.82) is 0 Å². The lowest BCUT2D eigenvalue weighted by Gasteiger charge is -2.41. The first-order valence-electron chi connectivity index (χ1n) is 9.03. The normalized spacial score (nSPS) is 32.1. The van der Waals surface area contributed by atoms with Gasteiger partial charge in [0.25, 0.3) is 0 Å². The van der Waals surface area contributed by atoms with Crippen LogP contribution in [0.3, 0.4) is 0 Å². The Morgan fingerprint density at radius 3 is 1.42 bits per heavy atom. The maximum Gasteiger partial charge on any atom is 0.199 e. The van der Waals surface area contributed by atoms with Gasteiger partial charge in [0.2, 0.25) is 0 Å². The van der Waals surface area contributed by atoms with Gasteiger partial charge in [-0.2, -0.15) is 0 Å². The Bertz CT molecular complexity index is 340. The summed E-state index contributed by atoms with van der Waals surface area (Å²) in [6.45, 7) is 11.6. The van der Waals surface area contributed by atoms with E-state index in [1.54, 1.807) is 0 Å². The summed E-state index contributed by atoms with van der Waals surface area (Å²) in [5.41, 5.74) is 0. The molecule has 3 rings (SSSR count). The molecule has 7 heteroatoms. The minimum absolute atomic E-state index is 0.00239. The first-order chi connectivity index (χ1) is 11.6. The monoisotopic (exact) mass is 348 g/mol. The zero-order chi connectivity index (χ0) is 17.6. The molecule has 0 amide bonds. The molecule has 0 spiro atoms. The molecule has 3 saturated heterocycles. The highest BCUT2D eigenvalue weighted by molar-refractivity contribution is 4.95. The van der Waals surface area contributed by atoms with Crippen LogP contribution in [0.5, 0.6) is 0 Å². The van der Waals surface area contributed by atoms with Crippen LogP contribution in [0.25, 0.3) is 0 Å². The maximum absolute atomic E-state index is 8.08. The fourth-order valence-electron chi connectivity index (χ4n) is 2.74. The van der Waals surface area contributed by atoms with Crippen molar-refractivity contribution in [3.8, 4) is 0 Å². The largest absolute Gasteiger partial charge is 0.394 e. The molecule has 0 aliphatic carbocycles. The zero-order valence-corrected chi connectivity index (χ0v) is 15.3. The number of aliphatic hydroxyl groups excluding tert-OH is 1. The molecule has 1 N–H and O–H groups in total. The first-order valence-corrected chi connectivity index (χ1v) is 9.03. The molecular weight excluding hydrogens is 316 g/mol. The molecule has 0 saturated carbocycles. The van der Waals surface area contributed by atoms with E-state index in [-0.39, 0.29) is 24.9 Å². The van der Waals surface area contributed by atoms with Gasteiger partial charge in [-0.3, -0.25) is 0 Å². The number of rotatable bonds is 11. The van der Waals surface area contributed by atoms with Crippen LogP contribution < -0.4 is 0 Å². The van der Waals surface area contributed by atoms with Crippen LogP contribution >= 0.6 is 0 Å². The molecule has 3 heterocycles. The Kier molecular flexibility index (Phi) is 7.42. The van der Waals surface area contributed by atoms with Crippen LogP contribution in [-0.2, 0) is 28.4 Å². The van der Waals surface area contributed by atoms with Gasteiger partial charge < -0.3 is 33.5 Å². The minimum atomic E-state index is -0.716. The molecule has 3 aliphatic heterocycles. The maximum atomic E-state index is 8.08. The van der Waals surface area contributed by atoms with Crippen molar-refractivity contribution in [2.24, 2.45) is 0 Å². The Morgan fingerprint density at radius 2 is 1.25 bits per heavy atom. The number of ether oxygens (including phenoxy) is 6. The van der Waals surface area contributed by atoms with Crippen LogP contribution in [0.1, 0.15) is 40.5 Å². The number of hydrogen-bond donors (Lipinski definition) is 1. The van der Waals surface area contributed by atoms with Gasteiger partial charge in [0, 0.05) is 26.1 Å². The van der Waals surface area contributed by atoms with E-state index in [2.05, 4.69) is 18.6 Å². The molecule has 0 aromatic rings. The van der Waals surface area contributed by atoms with Crippen LogP contribution in [0.15, 0.2) is 0 Å². The van der Waals surface area contributed by atoms with Crippen molar-refractivity contribution in [3.63, 3.8) is 0 Å². The summed E-state index contributed by atoms with van der Waals surface area (Å²) in [6.07, 6.45) is 1.65. The molecule has 5 atom stereocenters. The number of epoxide rings is 3. The third-order valence-electron chi connectivity index (χ3n) is 4.36. The molecule has 0 aromatic carbocycles. The summed E-state index contributed by atoms with van der Waals surface area (Å²) in [4.78, 5) is 0.